The van der Waals surface area contributed by atoms with E-state index in [0.29, 0.717) is 25.3 Å². The highest BCUT2D eigenvalue weighted by molar-refractivity contribution is 7.17. The number of thiophene rings is 1. The van der Waals surface area contributed by atoms with Crippen molar-refractivity contribution in [2.45, 2.75) is 18.9 Å². The zero-order valence-corrected chi connectivity index (χ0v) is 19.3. The van der Waals surface area contributed by atoms with Gasteiger partial charge in [-0.05, 0) is 12.0 Å². The number of likely N-dealkylation sites (N-methyl/N-ethyl adjacent to an activating group) is 1. The van der Waals surface area contributed by atoms with Crippen LogP contribution in [-0.2, 0) is 4.79 Å². The topological polar surface area (TPSA) is 69.6 Å². The van der Waals surface area contributed by atoms with Gasteiger partial charge in [0.05, 0.1) is 11.5 Å². The first-order chi connectivity index (χ1) is 16.1. The van der Waals surface area contributed by atoms with Gasteiger partial charge < -0.3 is 14.9 Å². The molecule has 5 rings (SSSR count). The van der Waals surface area contributed by atoms with Gasteiger partial charge in [-0.3, -0.25) is 4.79 Å². The van der Waals surface area contributed by atoms with Crippen molar-refractivity contribution in [3.05, 3.63) is 66.0 Å². The van der Waals surface area contributed by atoms with Gasteiger partial charge in [0.2, 0.25) is 5.91 Å². The quantitative estimate of drug-likeness (QED) is 0.443. The summed E-state index contributed by atoms with van der Waals surface area (Å²) in [6, 6.07) is 20.2. The van der Waals surface area contributed by atoms with E-state index in [9.17, 15) is 9.90 Å². The Hall–Kier alpha value is -3.29. The molecule has 33 heavy (non-hydrogen) atoms. The first kappa shape index (κ1) is 21.6. The largest absolute Gasteiger partial charge is 0.389 e. The van der Waals surface area contributed by atoms with Gasteiger partial charge in [-0.2, -0.15) is 0 Å². The number of amides is 1. The summed E-state index contributed by atoms with van der Waals surface area (Å²) < 4.78 is 0. The highest BCUT2D eigenvalue weighted by atomic mass is 32.1. The Morgan fingerprint density at radius 2 is 1.76 bits per heavy atom. The van der Waals surface area contributed by atoms with Crippen LogP contribution in [-0.4, -0.2) is 58.7 Å². The number of hydrogen-bond donors (Lipinski definition) is 1. The molecule has 1 N–H and O–H groups in total. The highest BCUT2D eigenvalue weighted by Crippen LogP contribution is 2.39. The summed E-state index contributed by atoms with van der Waals surface area (Å²) in [6.07, 6.45) is 0.773. The molecule has 2 aromatic carbocycles. The van der Waals surface area contributed by atoms with Gasteiger partial charge in [-0.25, -0.2) is 9.97 Å². The fraction of sp³-hybridized carbons (Fsp3) is 0.269. The molecule has 1 atom stereocenters. The van der Waals surface area contributed by atoms with Crippen LogP contribution < -0.4 is 4.90 Å². The van der Waals surface area contributed by atoms with Crippen molar-refractivity contribution in [3.63, 3.8) is 0 Å². The van der Waals surface area contributed by atoms with Gasteiger partial charge in [0, 0.05) is 49.6 Å². The Labute approximate surface area is 197 Å². The standard InChI is InChI=1S/C26H26N4O2S/c1-29(15-20(31)16-30-14-8-13-22(30)32)25-23-21(18-9-4-2-5-10-18)17-33-26(23)28-24(27-25)19-11-6-3-7-12-19/h2-7,9-12,17,20,31H,8,13-16H2,1H3/t20-/m1/s1. The van der Waals surface area contributed by atoms with E-state index in [-0.39, 0.29) is 5.91 Å². The van der Waals surface area contributed by atoms with Crippen LogP contribution >= 0.6 is 11.3 Å². The van der Waals surface area contributed by atoms with Crippen molar-refractivity contribution >= 4 is 33.3 Å². The second kappa shape index (κ2) is 9.29. The number of rotatable bonds is 7. The van der Waals surface area contributed by atoms with E-state index >= 15 is 0 Å². The summed E-state index contributed by atoms with van der Waals surface area (Å²) in [7, 11) is 1.94. The van der Waals surface area contributed by atoms with Gasteiger partial charge in [-0.1, -0.05) is 60.7 Å². The lowest BCUT2D eigenvalue weighted by molar-refractivity contribution is -0.128. The molecule has 0 unspecified atom stereocenters. The lowest BCUT2D eigenvalue weighted by Gasteiger charge is -2.26. The summed E-state index contributed by atoms with van der Waals surface area (Å²) in [5.74, 6) is 1.57. The van der Waals surface area contributed by atoms with E-state index < -0.39 is 6.10 Å². The van der Waals surface area contributed by atoms with Gasteiger partial charge in [0.25, 0.3) is 0 Å². The third-order valence-electron chi connectivity index (χ3n) is 5.98. The highest BCUT2D eigenvalue weighted by Gasteiger charge is 2.25. The van der Waals surface area contributed by atoms with E-state index in [1.54, 1.807) is 16.2 Å². The molecule has 0 aliphatic carbocycles. The monoisotopic (exact) mass is 458 g/mol. The number of aromatic nitrogens is 2. The summed E-state index contributed by atoms with van der Waals surface area (Å²) in [4.78, 5) is 26.5. The fourth-order valence-electron chi connectivity index (χ4n) is 4.36. The molecule has 7 heteroatoms. The SMILES string of the molecule is CN(C[C@@H](O)CN1CCCC1=O)c1nc(-c2ccccc2)nc2scc(-c3ccccc3)c12. The van der Waals surface area contributed by atoms with Gasteiger partial charge in [0.15, 0.2) is 5.82 Å². The fourth-order valence-corrected chi connectivity index (χ4v) is 5.30. The third-order valence-corrected chi connectivity index (χ3v) is 6.85. The van der Waals surface area contributed by atoms with Gasteiger partial charge >= 0.3 is 0 Å². The molecule has 0 bridgehead atoms. The predicted molar refractivity (Wildman–Crippen MR) is 133 cm³/mol. The number of anilines is 1. The van der Waals surface area contributed by atoms with Crippen molar-refractivity contribution in [1.82, 2.24) is 14.9 Å². The summed E-state index contributed by atoms with van der Waals surface area (Å²) in [6.45, 7) is 1.44. The number of hydrogen-bond acceptors (Lipinski definition) is 6. The number of carbonyl (C=O) groups excluding carboxylic acids is 1. The van der Waals surface area contributed by atoms with Crippen LogP contribution in [0.5, 0.6) is 0 Å². The smallest absolute Gasteiger partial charge is 0.222 e. The molecule has 0 saturated carbocycles. The lowest BCUT2D eigenvalue weighted by Crippen LogP contribution is -2.39. The Morgan fingerprint density at radius 1 is 1.06 bits per heavy atom. The maximum absolute atomic E-state index is 12.0. The Bertz CT molecular complexity index is 1260. The molecule has 168 valence electrons. The number of nitrogens with zero attached hydrogens (tertiary/aromatic N) is 4. The molecular formula is C26H26N4O2S. The molecule has 1 amide bonds. The van der Waals surface area contributed by atoms with Crippen LogP contribution in [0.15, 0.2) is 66.0 Å². The number of aliphatic hydroxyl groups excluding tert-OH is 1. The first-order valence-electron chi connectivity index (χ1n) is 11.2. The van der Waals surface area contributed by atoms with Crippen molar-refractivity contribution in [2.24, 2.45) is 0 Å². The van der Waals surface area contributed by atoms with Gasteiger partial charge in [0.1, 0.15) is 10.6 Å². The zero-order chi connectivity index (χ0) is 22.8. The minimum absolute atomic E-state index is 0.122. The van der Waals surface area contributed by atoms with E-state index in [1.807, 2.05) is 60.5 Å². The van der Waals surface area contributed by atoms with Crippen molar-refractivity contribution < 1.29 is 9.90 Å². The third kappa shape index (κ3) is 4.47. The minimum Gasteiger partial charge on any atom is -0.389 e. The van der Waals surface area contributed by atoms with Crippen molar-refractivity contribution in [2.75, 3.05) is 31.6 Å². The van der Waals surface area contributed by atoms with Crippen LogP contribution in [0, 0.1) is 0 Å². The van der Waals surface area contributed by atoms with E-state index in [2.05, 4.69) is 17.5 Å². The van der Waals surface area contributed by atoms with Crippen LogP contribution in [0.1, 0.15) is 12.8 Å². The van der Waals surface area contributed by atoms with E-state index in [4.69, 9.17) is 9.97 Å². The summed E-state index contributed by atoms with van der Waals surface area (Å²) in [5, 5.41) is 13.9. The van der Waals surface area contributed by atoms with E-state index in [1.165, 1.54) is 0 Å². The average Bonchev–Trinajstić information content (AvgIpc) is 3.45. The molecular weight excluding hydrogens is 432 g/mol. The lowest BCUT2D eigenvalue weighted by atomic mass is 10.1. The molecule has 0 radical (unpaired) electrons. The normalized spacial score (nSPS) is 14.7. The predicted octanol–water partition coefficient (Wildman–Crippen LogP) is 4.44. The molecule has 4 aromatic rings. The molecule has 3 heterocycles. The van der Waals surface area contributed by atoms with Crippen molar-refractivity contribution in [3.8, 4) is 22.5 Å². The van der Waals surface area contributed by atoms with Crippen molar-refractivity contribution in [1.29, 1.82) is 0 Å². The summed E-state index contributed by atoms with van der Waals surface area (Å²) in [5.41, 5.74) is 3.14. The molecule has 1 fully saturated rings. The van der Waals surface area contributed by atoms with Gasteiger partial charge in [-0.15, -0.1) is 11.3 Å². The summed E-state index contributed by atoms with van der Waals surface area (Å²) >= 11 is 1.60. The Balaban J connectivity index is 1.54. The minimum atomic E-state index is -0.666. The maximum Gasteiger partial charge on any atom is 0.222 e. The van der Waals surface area contributed by atoms with Crippen LogP contribution in [0.2, 0.25) is 0 Å². The molecule has 1 aliphatic heterocycles. The second-order valence-corrected chi connectivity index (χ2v) is 9.27. The molecule has 6 nitrogen and oxygen atoms in total. The first-order valence-corrected chi connectivity index (χ1v) is 12.0. The number of fused-ring (bicyclic) bond motifs is 1. The van der Waals surface area contributed by atoms with Crippen LogP contribution in [0.25, 0.3) is 32.7 Å². The van der Waals surface area contributed by atoms with E-state index in [0.717, 1.165) is 45.7 Å². The number of carbonyl (C=O) groups is 1. The molecule has 1 saturated heterocycles. The number of likely N-dealkylation sites (tertiary alicyclic amines) is 1. The second-order valence-electron chi connectivity index (χ2n) is 8.41. The Morgan fingerprint density at radius 3 is 2.42 bits per heavy atom. The number of benzene rings is 2. The number of aliphatic hydroxyl groups is 1. The molecule has 1 aliphatic rings. The van der Waals surface area contributed by atoms with Crippen LogP contribution in [0.4, 0.5) is 5.82 Å². The number of β-amino-alcohol motifs (C(OH)–C–C–N with tert-alkyl or cyclic N) is 1. The molecule has 0 spiro atoms. The maximum atomic E-state index is 12.0. The average molecular weight is 459 g/mol. The molecule has 2 aromatic heterocycles. The Kier molecular flexibility index (Phi) is 6.07. The zero-order valence-electron chi connectivity index (χ0n) is 18.5. The van der Waals surface area contributed by atoms with Crippen LogP contribution in [0.3, 0.4) is 0 Å².